The van der Waals surface area contributed by atoms with Crippen LogP contribution in [0.5, 0.6) is 11.5 Å². The molecule has 21 heavy (non-hydrogen) atoms. The molecule has 0 spiro atoms. The Balaban J connectivity index is 1.99. The molecule has 1 saturated heterocycles. The SMILES string of the molecule is COC1=CC=C2[C@H]3Cc4ccc(O)c(O)c4[C@@]2(CCN3)C1. The van der Waals surface area contributed by atoms with Gasteiger partial charge in [0.2, 0.25) is 0 Å². The number of aromatic hydroxyl groups is 2. The van der Waals surface area contributed by atoms with Crippen LogP contribution in [0.4, 0.5) is 0 Å². The summed E-state index contributed by atoms with van der Waals surface area (Å²) in [5.74, 6) is 0.930. The van der Waals surface area contributed by atoms with Crippen LogP contribution in [-0.2, 0) is 16.6 Å². The molecule has 1 aromatic carbocycles. The summed E-state index contributed by atoms with van der Waals surface area (Å²) in [4.78, 5) is 0. The van der Waals surface area contributed by atoms with Gasteiger partial charge in [0.05, 0.1) is 12.9 Å². The van der Waals surface area contributed by atoms with Crippen LogP contribution in [0.2, 0.25) is 0 Å². The van der Waals surface area contributed by atoms with Crippen molar-refractivity contribution in [3.63, 3.8) is 0 Å². The van der Waals surface area contributed by atoms with Crippen molar-refractivity contribution in [2.75, 3.05) is 13.7 Å². The van der Waals surface area contributed by atoms with E-state index in [0.29, 0.717) is 6.04 Å². The summed E-state index contributed by atoms with van der Waals surface area (Å²) in [6.45, 7) is 0.910. The van der Waals surface area contributed by atoms with Crippen LogP contribution in [0.3, 0.4) is 0 Å². The third-order valence-corrected chi connectivity index (χ3v) is 5.20. The first-order valence-corrected chi connectivity index (χ1v) is 7.38. The lowest BCUT2D eigenvalue weighted by molar-refractivity contribution is 0.222. The minimum absolute atomic E-state index is 0.0343. The molecular formula is C17H19NO3. The normalized spacial score (nSPS) is 29.9. The van der Waals surface area contributed by atoms with E-state index < -0.39 is 0 Å². The van der Waals surface area contributed by atoms with E-state index in [9.17, 15) is 10.2 Å². The number of phenols is 2. The van der Waals surface area contributed by atoms with Crippen LogP contribution >= 0.6 is 0 Å². The van der Waals surface area contributed by atoms with Crippen molar-refractivity contribution in [3.8, 4) is 11.5 Å². The van der Waals surface area contributed by atoms with Gasteiger partial charge in [-0.2, -0.15) is 0 Å². The van der Waals surface area contributed by atoms with Crippen LogP contribution in [0.25, 0.3) is 0 Å². The number of rotatable bonds is 1. The van der Waals surface area contributed by atoms with Crippen LogP contribution in [0.1, 0.15) is 24.0 Å². The topological polar surface area (TPSA) is 61.7 Å². The Morgan fingerprint density at radius 1 is 1.29 bits per heavy atom. The number of nitrogens with one attached hydrogen (secondary N) is 1. The van der Waals surface area contributed by atoms with Gasteiger partial charge in [0.25, 0.3) is 0 Å². The van der Waals surface area contributed by atoms with Gasteiger partial charge in [0, 0.05) is 23.4 Å². The van der Waals surface area contributed by atoms with E-state index >= 15 is 0 Å². The third-order valence-electron chi connectivity index (χ3n) is 5.20. The molecule has 2 aliphatic carbocycles. The molecule has 2 atom stereocenters. The molecule has 0 unspecified atom stereocenters. The van der Waals surface area contributed by atoms with Crippen molar-refractivity contribution in [2.45, 2.75) is 30.7 Å². The highest BCUT2D eigenvalue weighted by Gasteiger charge is 2.50. The van der Waals surface area contributed by atoms with Crippen LogP contribution < -0.4 is 5.32 Å². The molecule has 0 amide bonds. The number of piperidine rings is 1. The molecule has 2 bridgehead atoms. The first-order valence-electron chi connectivity index (χ1n) is 7.38. The van der Waals surface area contributed by atoms with E-state index in [0.717, 1.165) is 42.7 Å². The number of methoxy groups -OCH3 is 1. The number of fused-ring (bicyclic) bond motifs is 1. The minimum Gasteiger partial charge on any atom is -0.504 e. The lowest BCUT2D eigenvalue weighted by atomic mass is 9.58. The minimum atomic E-state index is -0.244. The highest BCUT2D eigenvalue weighted by Crippen LogP contribution is 2.55. The number of hydrogen-bond acceptors (Lipinski definition) is 4. The summed E-state index contributed by atoms with van der Waals surface area (Å²) in [5.41, 5.74) is 3.08. The Morgan fingerprint density at radius 2 is 2.14 bits per heavy atom. The zero-order chi connectivity index (χ0) is 14.6. The Hall–Kier alpha value is -1.94. The van der Waals surface area contributed by atoms with Crippen molar-refractivity contribution in [1.82, 2.24) is 5.32 Å². The Labute approximate surface area is 123 Å². The molecule has 4 rings (SSSR count). The average molecular weight is 285 g/mol. The zero-order valence-electron chi connectivity index (χ0n) is 12.0. The van der Waals surface area contributed by atoms with Crippen LogP contribution in [0.15, 0.2) is 35.6 Å². The fourth-order valence-corrected chi connectivity index (χ4v) is 4.28. The Morgan fingerprint density at radius 3 is 2.95 bits per heavy atom. The summed E-state index contributed by atoms with van der Waals surface area (Å²) in [6.07, 6.45) is 6.66. The summed E-state index contributed by atoms with van der Waals surface area (Å²) >= 11 is 0. The molecule has 4 heteroatoms. The quantitative estimate of drug-likeness (QED) is 0.692. The number of ether oxygens (including phenoxy) is 1. The maximum absolute atomic E-state index is 10.5. The van der Waals surface area contributed by atoms with Gasteiger partial charge in [-0.3, -0.25) is 0 Å². The van der Waals surface area contributed by atoms with E-state index in [1.165, 1.54) is 5.57 Å². The number of allylic oxidation sites excluding steroid dienone is 3. The Kier molecular flexibility index (Phi) is 2.60. The standard InChI is InChI=1S/C17H19NO3/c1-21-11-3-4-12-13-8-10-2-5-14(19)16(20)15(10)17(12,9-11)6-7-18-13/h2-5,13,18-20H,6-9H2,1H3/t13-,17+/m1/s1. The van der Waals surface area contributed by atoms with Crippen LogP contribution in [0, 0.1) is 0 Å². The van der Waals surface area contributed by atoms with E-state index in [4.69, 9.17) is 4.74 Å². The summed E-state index contributed by atoms with van der Waals surface area (Å²) < 4.78 is 5.46. The van der Waals surface area contributed by atoms with Gasteiger partial charge in [-0.15, -0.1) is 0 Å². The van der Waals surface area contributed by atoms with Crippen molar-refractivity contribution < 1.29 is 14.9 Å². The highest BCUT2D eigenvalue weighted by atomic mass is 16.5. The first kappa shape index (κ1) is 12.8. The zero-order valence-corrected chi connectivity index (χ0v) is 12.0. The van der Waals surface area contributed by atoms with Gasteiger partial charge >= 0.3 is 0 Å². The molecule has 1 heterocycles. The van der Waals surface area contributed by atoms with E-state index in [-0.39, 0.29) is 16.9 Å². The highest BCUT2D eigenvalue weighted by molar-refractivity contribution is 5.62. The van der Waals surface area contributed by atoms with E-state index in [1.54, 1.807) is 13.2 Å². The molecule has 1 aliphatic heterocycles. The summed E-state index contributed by atoms with van der Waals surface area (Å²) in [7, 11) is 1.69. The van der Waals surface area contributed by atoms with E-state index in [1.807, 2.05) is 12.1 Å². The predicted octanol–water partition coefficient (Wildman–Crippen LogP) is 2.11. The van der Waals surface area contributed by atoms with Crippen LogP contribution in [-0.4, -0.2) is 29.9 Å². The van der Waals surface area contributed by atoms with Crippen molar-refractivity contribution in [3.05, 3.63) is 46.7 Å². The molecule has 0 saturated carbocycles. The molecular weight excluding hydrogens is 266 g/mol. The second-order valence-corrected chi connectivity index (χ2v) is 6.15. The number of phenolic OH excluding ortho intramolecular Hbond substituents is 2. The van der Waals surface area contributed by atoms with Crippen molar-refractivity contribution in [1.29, 1.82) is 0 Å². The maximum Gasteiger partial charge on any atom is 0.161 e. The van der Waals surface area contributed by atoms with Gasteiger partial charge < -0.3 is 20.3 Å². The molecule has 1 fully saturated rings. The Bertz CT molecular complexity index is 677. The van der Waals surface area contributed by atoms with Crippen molar-refractivity contribution in [2.24, 2.45) is 0 Å². The smallest absolute Gasteiger partial charge is 0.161 e. The molecule has 3 aliphatic rings. The third kappa shape index (κ3) is 1.59. The second kappa shape index (κ2) is 4.28. The van der Waals surface area contributed by atoms with Gasteiger partial charge in [-0.05, 0) is 42.7 Å². The van der Waals surface area contributed by atoms with E-state index in [2.05, 4.69) is 11.4 Å². The lowest BCUT2D eigenvalue weighted by Gasteiger charge is -2.50. The largest absolute Gasteiger partial charge is 0.504 e. The van der Waals surface area contributed by atoms with Gasteiger partial charge in [0.1, 0.15) is 0 Å². The molecule has 3 N–H and O–H groups in total. The second-order valence-electron chi connectivity index (χ2n) is 6.15. The number of benzene rings is 1. The monoisotopic (exact) mass is 285 g/mol. The molecule has 0 radical (unpaired) electrons. The van der Waals surface area contributed by atoms with Crippen molar-refractivity contribution >= 4 is 0 Å². The predicted molar refractivity (Wildman–Crippen MR) is 79.4 cm³/mol. The lowest BCUT2D eigenvalue weighted by Crippen LogP contribution is -2.54. The summed E-state index contributed by atoms with van der Waals surface area (Å²) in [6, 6.07) is 3.84. The number of hydrogen-bond donors (Lipinski definition) is 3. The van der Waals surface area contributed by atoms with Gasteiger partial charge in [-0.25, -0.2) is 0 Å². The molecule has 110 valence electrons. The maximum atomic E-state index is 10.5. The fourth-order valence-electron chi connectivity index (χ4n) is 4.28. The summed E-state index contributed by atoms with van der Waals surface area (Å²) in [5, 5.41) is 24.0. The molecule has 0 aromatic heterocycles. The van der Waals surface area contributed by atoms with Gasteiger partial charge in [0.15, 0.2) is 11.5 Å². The first-order chi connectivity index (χ1) is 10.2. The average Bonchev–Trinajstić information content (AvgIpc) is 2.49. The van der Waals surface area contributed by atoms with Gasteiger partial charge in [-0.1, -0.05) is 12.1 Å². The fraction of sp³-hybridized carbons (Fsp3) is 0.412. The molecule has 4 nitrogen and oxygen atoms in total. The molecule has 1 aromatic rings.